The lowest BCUT2D eigenvalue weighted by molar-refractivity contribution is -0.130. The smallest absolute Gasteiger partial charge is 0.227 e. The molecule has 1 amide bonds. The van der Waals surface area contributed by atoms with Gasteiger partial charge >= 0.3 is 0 Å². The van der Waals surface area contributed by atoms with Crippen molar-refractivity contribution in [1.29, 1.82) is 0 Å². The molecule has 1 aromatic heterocycles. The van der Waals surface area contributed by atoms with Crippen LogP contribution in [0.5, 0.6) is 0 Å². The Morgan fingerprint density at radius 2 is 2.21 bits per heavy atom. The predicted octanol–water partition coefficient (Wildman–Crippen LogP) is 2.71. The lowest BCUT2D eigenvalue weighted by atomic mass is 9.81. The van der Waals surface area contributed by atoms with E-state index in [1.807, 2.05) is 0 Å². The van der Waals surface area contributed by atoms with Crippen LogP contribution in [0.4, 0.5) is 0 Å². The Hall–Kier alpha value is -0.870. The first-order valence-electron chi connectivity index (χ1n) is 7.27. The van der Waals surface area contributed by atoms with E-state index in [1.165, 1.54) is 9.75 Å². The first-order chi connectivity index (χ1) is 9.20. The molecular formula is C15H24N2OS. The molecule has 1 fully saturated rings. The number of nitrogens with one attached hydrogen (secondary N) is 2. The van der Waals surface area contributed by atoms with Crippen molar-refractivity contribution in [3.63, 3.8) is 0 Å². The van der Waals surface area contributed by atoms with Crippen molar-refractivity contribution in [2.45, 2.75) is 46.1 Å². The number of carbonyl (C=O) groups excluding carboxylic acids is 1. The molecule has 3 nitrogen and oxygen atoms in total. The van der Waals surface area contributed by atoms with Crippen LogP contribution < -0.4 is 10.6 Å². The summed E-state index contributed by atoms with van der Waals surface area (Å²) in [5, 5.41) is 6.47. The summed E-state index contributed by atoms with van der Waals surface area (Å²) >= 11 is 1.80. The number of thiophene rings is 1. The highest BCUT2D eigenvalue weighted by Crippen LogP contribution is 2.31. The third kappa shape index (κ3) is 3.37. The molecule has 0 aromatic carbocycles. The van der Waals surface area contributed by atoms with E-state index in [2.05, 4.69) is 36.6 Å². The van der Waals surface area contributed by atoms with Crippen LogP contribution in [0.2, 0.25) is 0 Å². The highest BCUT2D eigenvalue weighted by Gasteiger charge is 2.39. The third-order valence-corrected chi connectivity index (χ3v) is 5.17. The lowest BCUT2D eigenvalue weighted by Gasteiger charge is -2.26. The van der Waals surface area contributed by atoms with Gasteiger partial charge in [-0.05, 0) is 37.9 Å². The maximum Gasteiger partial charge on any atom is 0.227 e. The second-order valence-electron chi connectivity index (χ2n) is 5.36. The molecule has 1 aliphatic heterocycles. The van der Waals surface area contributed by atoms with Crippen LogP contribution in [0.15, 0.2) is 12.1 Å². The number of carbonyl (C=O) groups is 1. The summed E-state index contributed by atoms with van der Waals surface area (Å²) in [6.07, 6.45) is 4.09. The molecule has 1 aromatic rings. The maximum absolute atomic E-state index is 12.5. The van der Waals surface area contributed by atoms with Crippen LogP contribution in [0.25, 0.3) is 0 Å². The van der Waals surface area contributed by atoms with Crippen LogP contribution >= 0.6 is 11.3 Å². The second-order valence-corrected chi connectivity index (χ2v) is 6.61. The minimum absolute atomic E-state index is 0.167. The molecule has 1 unspecified atom stereocenters. The fourth-order valence-corrected chi connectivity index (χ4v) is 3.70. The summed E-state index contributed by atoms with van der Waals surface area (Å²) < 4.78 is 0. The van der Waals surface area contributed by atoms with Gasteiger partial charge in [-0.2, -0.15) is 0 Å². The average molecular weight is 280 g/mol. The van der Waals surface area contributed by atoms with Gasteiger partial charge in [0.15, 0.2) is 0 Å². The topological polar surface area (TPSA) is 41.1 Å². The van der Waals surface area contributed by atoms with Crippen molar-refractivity contribution in [2.75, 3.05) is 13.1 Å². The Morgan fingerprint density at radius 1 is 1.42 bits per heavy atom. The molecule has 1 saturated heterocycles. The molecule has 106 valence electrons. The number of rotatable bonds is 6. The Labute approximate surface area is 119 Å². The number of amides is 1. The van der Waals surface area contributed by atoms with Crippen molar-refractivity contribution < 1.29 is 4.79 Å². The molecule has 2 N–H and O–H groups in total. The Bertz CT molecular complexity index is 422. The molecule has 0 radical (unpaired) electrons. The number of aryl methyl sites for hydroxylation is 1. The standard InChI is InChI=1S/C15H24N2OS/c1-3-7-15(8-9-16-11-15)14(18)17-10-13-6-5-12(4-2)19-13/h5-6,16H,3-4,7-11H2,1-2H3,(H,17,18). The number of hydrogen-bond donors (Lipinski definition) is 2. The third-order valence-electron chi connectivity index (χ3n) is 3.94. The Kier molecular flexibility index (Phi) is 4.99. The van der Waals surface area contributed by atoms with Crippen molar-refractivity contribution in [1.82, 2.24) is 10.6 Å². The minimum Gasteiger partial charge on any atom is -0.351 e. The first kappa shape index (κ1) is 14.5. The molecule has 1 atom stereocenters. The summed E-state index contributed by atoms with van der Waals surface area (Å²) in [5.41, 5.74) is -0.167. The van der Waals surface area contributed by atoms with Crippen LogP contribution in [-0.2, 0) is 17.8 Å². The van der Waals surface area contributed by atoms with Crippen molar-refractivity contribution >= 4 is 17.2 Å². The molecule has 0 saturated carbocycles. The van der Waals surface area contributed by atoms with Crippen molar-refractivity contribution in [2.24, 2.45) is 5.41 Å². The van der Waals surface area contributed by atoms with Crippen molar-refractivity contribution in [3.05, 3.63) is 21.9 Å². The predicted molar refractivity (Wildman–Crippen MR) is 80.4 cm³/mol. The van der Waals surface area contributed by atoms with Gasteiger partial charge in [-0.15, -0.1) is 11.3 Å². The lowest BCUT2D eigenvalue weighted by Crippen LogP contribution is -2.42. The molecule has 1 aliphatic rings. The quantitative estimate of drug-likeness (QED) is 0.841. The summed E-state index contributed by atoms with van der Waals surface area (Å²) in [5.74, 6) is 0.228. The van der Waals surface area contributed by atoms with Gasteiger partial charge in [0, 0.05) is 16.3 Å². The van der Waals surface area contributed by atoms with Gasteiger partial charge in [-0.3, -0.25) is 4.79 Å². The zero-order valence-electron chi connectivity index (χ0n) is 11.9. The average Bonchev–Trinajstić information content (AvgIpc) is 3.05. The first-order valence-corrected chi connectivity index (χ1v) is 8.08. The molecular weight excluding hydrogens is 256 g/mol. The Balaban J connectivity index is 1.92. The van der Waals surface area contributed by atoms with Gasteiger partial charge in [-0.25, -0.2) is 0 Å². The second kappa shape index (κ2) is 6.53. The summed E-state index contributed by atoms with van der Waals surface area (Å²) in [6.45, 7) is 6.79. The number of hydrogen-bond acceptors (Lipinski definition) is 3. The van der Waals surface area contributed by atoms with Gasteiger partial charge in [-0.1, -0.05) is 20.3 Å². The fourth-order valence-electron chi connectivity index (χ4n) is 2.81. The summed E-state index contributed by atoms with van der Waals surface area (Å²) in [6, 6.07) is 4.29. The normalized spacial score (nSPS) is 22.6. The zero-order valence-corrected chi connectivity index (χ0v) is 12.7. The maximum atomic E-state index is 12.5. The van der Waals surface area contributed by atoms with Crippen LogP contribution in [-0.4, -0.2) is 19.0 Å². The van der Waals surface area contributed by atoms with Crippen LogP contribution in [0.3, 0.4) is 0 Å². The molecule has 4 heteroatoms. The Morgan fingerprint density at radius 3 is 2.79 bits per heavy atom. The monoisotopic (exact) mass is 280 g/mol. The van der Waals surface area contributed by atoms with E-state index in [4.69, 9.17) is 0 Å². The van der Waals surface area contributed by atoms with E-state index >= 15 is 0 Å². The minimum atomic E-state index is -0.167. The van der Waals surface area contributed by atoms with E-state index in [0.29, 0.717) is 6.54 Å². The van der Waals surface area contributed by atoms with E-state index in [1.54, 1.807) is 11.3 Å². The van der Waals surface area contributed by atoms with Crippen molar-refractivity contribution in [3.8, 4) is 0 Å². The highest BCUT2D eigenvalue weighted by atomic mass is 32.1. The SMILES string of the molecule is CCCC1(C(=O)NCc2ccc(CC)s2)CCNC1. The molecule has 2 rings (SSSR count). The van der Waals surface area contributed by atoms with Gasteiger partial charge in [0.2, 0.25) is 5.91 Å². The van der Waals surface area contributed by atoms with E-state index < -0.39 is 0 Å². The van der Waals surface area contributed by atoms with E-state index in [0.717, 1.165) is 38.8 Å². The van der Waals surface area contributed by atoms with Gasteiger partial charge in [0.05, 0.1) is 12.0 Å². The molecule has 2 heterocycles. The van der Waals surface area contributed by atoms with Gasteiger partial charge in [0.25, 0.3) is 0 Å². The summed E-state index contributed by atoms with van der Waals surface area (Å²) in [7, 11) is 0. The van der Waals surface area contributed by atoms with Crippen LogP contribution in [0, 0.1) is 5.41 Å². The molecule has 0 aliphatic carbocycles. The molecule has 19 heavy (non-hydrogen) atoms. The highest BCUT2D eigenvalue weighted by molar-refractivity contribution is 7.11. The van der Waals surface area contributed by atoms with E-state index in [-0.39, 0.29) is 11.3 Å². The van der Waals surface area contributed by atoms with E-state index in [9.17, 15) is 4.79 Å². The molecule has 0 bridgehead atoms. The largest absolute Gasteiger partial charge is 0.351 e. The van der Waals surface area contributed by atoms with Gasteiger partial charge in [0.1, 0.15) is 0 Å². The molecule has 0 spiro atoms. The van der Waals surface area contributed by atoms with Gasteiger partial charge < -0.3 is 10.6 Å². The summed E-state index contributed by atoms with van der Waals surface area (Å²) in [4.78, 5) is 15.1. The zero-order chi connectivity index (χ0) is 13.7. The fraction of sp³-hybridized carbons (Fsp3) is 0.667. The van der Waals surface area contributed by atoms with Crippen LogP contribution in [0.1, 0.15) is 42.9 Å².